The van der Waals surface area contributed by atoms with Gasteiger partial charge < -0.3 is 9.47 Å². The van der Waals surface area contributed by atoms with Crippen LogP contribution in [0.15, 0.2) is 44.9 Å². The molecule has 0 spiro atoms. The Morgan fingerprint density at radius 2 is 1.76 bits per heavy atom. The van der Waals surface area contributed by atoms with Crippen LogP contribution in [0.1, 0.15) is 11.1 Å². The van der Waals surface area contributed by atoms with Crippen molar-refractivity contribution < 1.29 is 23.9 Å². The number of rotatable bonds is 4. The van der Waals surface area contributed by atoms with Crippen LogP contribution in [0.2, 0.25) is 0 Å². The van der Waals surface area contributed by atoms with Gasteiger partial charge >= 0.3 is 6.03 Å². The molecule has 0 bridgehead atoms. The van der Waals surface area contributed by atoms with Gasteiger partial charge in [-0.15, -0.1) is 0 Å². The Morgan fingerprint density at radius 3 is 2.38 bits per heavy atom. The zero-order valence-electron chi connectivity index (χ0n) is 15.7. The van der Waals surface area contributed by atoms with Crippen LogP contribution in [0.25, 0.3) is 6.08 Å². The topological polar surface area (TPSA) is 84.9 Å². The molecular formula is C20H16Br2N2O5. The number of hydrogen-bond acceptors (Lipinski definition) is 5. The van der Waals surface area contributed by atoms with Gasteiger partial charge in [-0.3, -0.25) is 14.9 Å². The van der Waals surface area contributed by atoms with Crippen molar-refractivity contribution in [3.63, 3.8) is 0 Å². The van der Waals surface area contributed by atoms with Gasteiger partial charge in [0, 0.05) is 4.47 Å². The molecule has 0 radical (unpaired) electrons. The normalized spacial score (nSPS) is 15.6. The molecule has 0 aliphatic carbocycles. The zero-order chi connectivity index (χ0) is 21.3. The summed E-state index contributed by atoms with van der Waals surface area (Å²) in [6.07, 6.45) is 1.40. The lowest BCUT2D eigenvalue weighted by Crippen LogP contribution is -2.54. The highest BCUT2D eigenvalue weighted by Crippen LogP contribution is 2.37. The third kappa shape index (κ3) is 4.06. The van der Waals surface area contributed by atoms with E-state index in [0.29, 0.717) is 32.8 Å². The maximum absolute atomic E-state index is 13.0. The van der Waals surface area contributed by atoms with Crippen molar-refractivity contribution in [3.05, 3.63) is 56.0 Å². The van der Waals surface area contributed by atoms with Crippen LogP contribution in [-0.2, 0) is 9.59 Å². The van der Waals surface area contributed by atoms with Crippen molar-refractivity contribution in [2.24, 2.45) is 0 Å². The highest BCUT2D eigenvalue weighted by Gasteiger charge is 2.37. The molecule has 1 aliphatic heterocycles. The largest absolute Gasteiger partial charge is 0.493 e. The Balaban J connectivity index is 2.07. The lowest BCUT2D eigenvalue weighted by molar-refractivity contribution is -0.122. The first kappa shape index (κ1) is 21.1. The molecule has 29 heavy (non-hydrogen) atoms. The number of hydrogen-bond donors (Lipinski definition) is 1. The molecule has 0 unspecified atom stereocenters. The molecule has 2 aromatic rings. The van der Waals surface area contributed by atoms with Gasteiger partial charge in [-0.25, -0.2) is 9.69 Å². The molecule has 7 nitrogen and oxygen atoms in total. The number of benzene rings is 2. The van der Waals surface area contributed by atoms with Gasteiger partial charge in [0.05, 0.1) is 24.4 Å². The maximum atomic E-state index is 13.0. The number of carbonyl (C=O) groups excluding carboxylic acids is 3. The predicted octanol–water partition coefficient (Wildman–Crippen LogP) is 4.20. The predicted molar refractivity (Wildman–Crippen MR) is 115 cm³/mol. The summed E-state index contributed by atoms with van der Waals surface area (Å²) in [6, 6.07) is 7.65. The van der Waals surface area contributed by atoms with Crippen molar-refractivity contribution in [2.45, 2.75) is 6.92 Å². The lowest BCUT2D eigenvalue weighted by atomic mass is 10.1. The van der Waals surface area contributed by atoms with Crippen molar-refractivity contribution in [1.29, 1.82) is 0 Å². The molecule has 4 amide bonds. The number of nitrogens with zero attached hydrogens (tertiary/aromatic N) is 1. The average molecular weight is 524 g/mol. The third-order valence-electron chi connectivity index (χ3n) is 4.27. The summed E-state index contributed by atoms with van der Waals surface area (Å²) >= 11 is 6.73. The molecule has 1 saturated heterocycles. The van der Waals surface area contributed by atoms with Gasteiger partial charge in [-0.05, 0) is 70.4 Å². The molecule has 1 N–H and O–H groups in total. The van der Waals surface area contributed by atoms with Gasteiger partial charge in [0.2, 0.25) is 0 Å². The van der Waals surface area contributed by atoms with E-state index in [2.05, 4.69) is 37.2 Å². The smallest absolute Gasteiger partial charge is 0.335 e. The van der Waals surface area contributed by atoms with E-state index in [1.807, 2.05) is 0 Å². The van der Waals surface area contributed by atoms with Crippen LogP contribution in [-0.4, -0.2) is 32.1 Å². The molecule has 2 aromatic carbocycles. The highest BCUT2D eigenvalue weighted by molar-refractivity contribution is 9.10. The van der Waals surface area contributed by atoms with Gasteiger partial charge in [0.1, 0.15) is 5.57 Å². The number of barbiturate groups is 1. The summed E-state index contributed by atoms with van der Waals surface area (Å²) in [5.41, 5.74) is 1.44. The summed E-state index contributed by atoms with van der Waals surface area (Å²) < 4.78 is 12.0. The third-order valence-corrected chi connectivity index (χ3v) is 5.35. The quantitative estimate of drug-likeness (QED) is 0.479. The second-order valence-corrected chi connectivity index (χ2v) is 7.90. The molecule has 3 rings (SSSR count). The van der Waals surface area contributed by atoms with Crippen LogP contribution in [0, 0.1) is 6.92 Å². The molecule has 1 fully saturated rings. The van der Waals surface area contributed by atoms with Crippen molar-refractivity contribution in [1.82, 2.24) is 5.32 Å². The lowest BCUT2D eigenvalue weighted by Gasteiger charge is -2.27. The van der Waals surface area contributed by atoms with Crippen LogP contribution < -0.4 is 19.7 Å². The number of halogens is 2. The highest BCUT2D eigenvalue weighted by atomic mass is 79.9. The number of anilines is 1. The van der Waals surface area contributed by atoms with E-state index in [1.54, 1.807) is 37.3 Å². The minimum absolute atomic E-state index is 0.175. The molecule has 1 aliphatic rings. The SMILES string of the molecule is COc1cc(/C=C2/C(=O)NC(=O)N(c3ccc(Br)cc3C)C2=O)cc(Br)c1OC. The van der Waals surface area contributed by atoms with E-state index in [4.69, 9.17) is 9.47 Å². The molecule has 0 atom stereocenters. The van der Waals surface area contributed by atoms with E-state index in [0.717, 1.165) is 9.37 Å². The first-order chi connectivity index (χ1) is 13.8. The average Bonchev–Trinajstić information content (AvgIpc) is 2.66. The van der Waals surface area contributed by atoms with Crippen molar-refractivity contribution in [2.75, 3.05) is 19.1 Å². The Hall–Kier alpha value is -2.65. The number of aryl methyl sites for hydroxylation is 1. The molecule has 9 heteroatoms. The summed E-state index contributed by atoms with van der Waals surface area (Å²) in [7, 11) is 2.99. The zero-order valence-corrected chi connectivity index (χ0v) is 18.9. The summed E-state index contributed by atoms with van der Waals surface area (Å²) in [5.74, 6) is -0.572. The fourth-order valence-electron chi connectivity index (χ4n) is 2.93. The van der Waals surface area contributed by atoms with E-state index < -0.39 is 17.8 Å². The number of ether oxygens (including phenoxy) is 2. The second-order valence-electron chi connectivity index (χ2n) is 6.13. The number of amides is 4. The van der Waals surface area contributed by atoms with Gasteiger partial charge in [0.15, 0.2) is 11.5 Å². The summed E-state index contributed by atoms with van der Waals surface area (Å²) in [6.45, 7) is 1.77. The summed E-state index contributed by atoms with van der Waals surface area (Å²) in [5, 5.41) is 2.22. The fraction of sp³-hybridized carbons (Fsp3) is 0.150. The van der Waals surface area contributed by atoms with Crippen LogP contribution in [0.4, 0.5) is 10.5 Å². The Labute approximate surface area is 183 Å². The molecule has 150 valence electrons. The minimum atomic E-state index is -0.795. The molecular weight excluding hydrogens is 508 g/mol. The second kappa shape index (κ2) is 8.38. The number of nitrogens with one attached hydrogen (secondary N) is 1. The van der Waals surface area contributed by atoms with Gasteiger partial charge in [-0.1, -0.05) is 15.9 Å². The monoisotopic (exact) mass is 522 g/mol. The fourth-order valence-corrected chi connectivity index (χ4v) is 4.03. The Morgan fingerprint density at radius 1 is 1.03 bits per heavy atom. The van der Waals surface area contributed by atoms with E-state index in [1.165, 1.54) is 20.3 Å². The number of methoxy groups -OCH3 is 2. The van der Waals surface area contributed by atoms with Gasteiger partial charge in [0.25, 0.3) is 11.8 Å². The van der Waals surface area contributed by atoms with E-state index in [-0.39, 0.29) is 5.57 Å². The standard InChI is InChI=1S/C20H16Br2N2O5/c1-10-6-12(21)4-5-15(10)24-19(26)13(18(25)23-20(24)27)7-11-8-14(22)17(29-3)16(9-11)28-2/h4-9H,1-3H3,(H,23,25,27)/b13-7-. The minimum Gasteiger partial charge on any atom is -0.493 e. The first-order valence-electron chi connectivity index (χ1n) is 8.36. The Kier molecular flexibility index (Phi) is 6.09. The maximum Gasteiger partial charge on any atom is 0.335 e. The summed E-state index contributed by atoms with van der Waals surface area (Å²) in [4.78, 5) is 38.8. The van der Waals surface area contributed by atoms with Crippen molar-refractivity contribution >= 4 is 61.5 Å². The number of imide groups is 2. The number of carbonyl (C=O) groups is 3. The molecule has 0 aromatic heterocycles. The molecule has 1 heterocycles. The van der Waals surface area contributed by atoms with E-state index in [9.17, 15) is 14.4 Å². The first-order valence-corrected chi connectivity index (χ1v) is 9.94. The number of urea groups is 1. The van der Waals surface area contributed by atoms with E-state index >= 15 is 0 Å². The Bertz CT molecular complexity index is 1070. The van der Waals surface area contributed by atoms with Crippen molar-refractivity contribution in [3.8, 4) is 11.5 Å². The molecule has 0 saturated carbocycles. The van der Waals surface area contributed by atoms with Crippen LogP contribution in [0.3, 0.4) is 0 Å². The van der Waals surface area contributed by atoms with Gasteiger partial charge in [-0.2, -0.15) is 0 Å². The van der Waals surface area contributed by atoms with Crippen LogP contribution >= 0.6 is 31.9 Å². The van der Waals surface area contributed by atoms with Crippen LogP contribution in [0.5, 0.6) is 11.5 Å².